The third kappa shape index (κ3) is 3.00. The molecule has 3 rings (SSSR count). The number of hydrogen-bond acceptors (Lipinski definition) is 2. The molecule has 20 heavy (non-hydrogen) atoms. The van der Waals surface area contributed by atoms with Crippen molar-refractivity contribution < 1.29 is 4.42 Å². The lowest BCUT2D eigenvalue weighted by molar-refractivity contribution is 0.468. The first-order valence-corrected chi connectivity index (χ1v) is 8.06. The van der Waals surface area contributed by atoms with E-state index in [9.17, 15) is 0 Å². The highest BCUT2D eigenvalue weighted by molar-refractivity contribution is 9.10. The average molecular weight is 375 g/mol. The number of rotatable bonds is 4. The Hall–Kier alpha value is -0.640. The lowest BCUT2D eigenvalue weighted by atomic mass is 10.3. The van der Waals surface area contributed by atoms with Gasteiger partial charge in [-0.3, -0.25) is 0 Å². The first-order valence-electron chi connectivity index (χ1n) is 6.51. The molecule has 1 heterocycles. The number of benzene rings is 1. The van der Waals surface area contributed by atoms with Crippen molar-refractivity contribution in [1.29, 1.82) is 0 Å². The molecule has 1 aromatic carbocycles. The number of nitrogens with one attached hydrogen (secondary N) is 1. The first kappa shape index (κ1) is 14.3. The van der Waals surface area contributed by atoms with E-state index in [-0.39, 0.29) is 0 Å². The quantitative estimate of drug-likeness (QED) is 0.700. The molecule has 1 fully saturated rings. The van der Waals surface area contributed by atoms with Gasteiger partial charge in [-0.05, 0) is 36.6 Å². The van der Waals surface area contributed by atoms with E-state index in [0.717, 1.165) is 27.6 Å². The molecule has 2 unspecified atom stereocenters. The van der Waals surface area contributed by atoms with Crippen molar-refractivity contribution in [2.75, 3.05) is 5.32 Å². The Morgan fingerprint density at radius 3 is 2.55 bits per heavy atom. The smallest absolute Gasteiger partial charge is 0.123 e. The lowest BCUT2D eigenvalue weighted by Gasteiger charge is -2.09. The van der Waals surface area contributed by atoms with Crippen molar-refractivity contribution >= 4 is 44.8 Å². The fourth-order valence-corrected chi connectivity index (χ4v) is 3.64. The number of halogens is 3. The van der Waals surface area contributed by atoms with Crippen LogP contribution in [0.5, 0.6) is 0 Å². The molecular weight excluding hydrogens is 361 g/mol. The fraction of sp³-hybridized carbons (Fsp3) is 0.333. The minimum atomic E-state index is 0.572. The van der Waals surface area contributed by atoms with Crippen LogP contribution in [0.1, 0.15) is 30.8 Å². The molecule has 1 N–H and O–H groups in total. The summed E-state index contributed by atoms with van der Waals surface area (Å²) in [5.41, 5.74) is 0.731. The minimum Gasteiger partial charge on any atom is -0.464 e. The summed E-state index contributed by atoms with van der Waals surface area (Å²) in [6, 6.07) is 7.70. The summed E-state index contributed by atoms with van der Waals surface area (Å²) < 4.78 is 6.71. The van der Waals surface area contributed by atoms with Crippen LogP contribution in [0.25, 0.3) is 0 Å². The highest BCUT2D eigenvalue weighted by atomic mass is 79.9. The molecule has 0 spiro atoms. The highest BCUT2D eigenvalue weighted by Crippen LogP contribution is 2.47. The van der Waals surface area contributed by atoms with Crippen LogP contribution in [0.3, 0.4) is 0 Å². The van der Waals surface area contributed by atoms with Gasteiger partial charge in [-0.25, -0.2) is 0 Å². The molecule has 0 saturated heterocycles. The molecule has 0 radical (unpaired) electrons. The standard InChI is InChI=1S/C15H14BrCl2NO/c1-8-4-11(8)14-3-2-10(20-14)7-19-15-12(17)5-9(16)6-13(15)18/h2-3,5-6,8,11,19H,4,7H2,1H3. The molecule has 106 valence electrons. The molecule has 0 amide bonds. The second-order valence-corrected chi connectivity index (χ2v) is 6.95. The highest BCUT2D eigenvalue weighted by Gasteiger charge is 2.36. The van der Waals surface area contributed by atoms with Crippen molar-refractivity contribution in [2.45, 2.75) is 25.8 Å². The maximum absolute atomic E-state index is 6.18. The van der Waals surface area contributed by atoms with Crippen LogP contribution in [0, 0.1) is 5.92 Å². The Morgan fingerprint density at radius 1 is 1.30 bits per heavy atom. The van der Waals surface area contributed by atoms with Gasteiger partial charge in [0.25, 0.3) is 0 Å². The van der Waals surface area contributed by atoms with Crippen LogP contribution in [-0.4, -0.2) is 0 Å². The Labute approximate surface area is 136 Å². The Balaban J connectivity index is 1.69. The van der Waals surface area contributed by atoms with Crippen molar-refractivity contribution in [1.82, 2.24) is 0 Å². The zero-order chi connectivity index (χ0) is 14.3. The molecule has 2 aromatic rings. The van der Waals surface area contributed by atoms with Gasteiger partial charge < -0.3 is 9.73 Å². The summed E-state index contributed by atoms with van der Waals surface area (Å²) >= 11 is 15.7. The largest absolute Gasteiger partial charge is 0.464 e. The number of anilines is 1. The zero-order valence-electron chi connectivity index (χ0n) is 10.9. The topological polar surface area (TPSA) is 25.2 Å². The van der Waals surface area contributed by atoms with E-state index < -0.39 is 0 Å². The van der Waals surface area contributed by atoms with Gasteiger partial charge in [-0.1, -0.05) is 46.1 Å². The van der Waals surface area contributed by atoms with E-state index in [4.69, 9.17) is 27.6 Å². The normalized spacial score (nSPS) is 21.0. The van der Waals surface area contributed by atoms with Crippen molar-refractivity contribution in [3.05, 3.63) is 50.3 Å². The fourth-order valence-electron chi connectivity index (χ4n) is 2.29. The molecule has 0 aliphatic heterocycles. The maximum Gasteiger partial charge on any atom is 0.123 e. The SMILES string of the molecule is CC1CC1c1ccc(CNc2c(Cl)cc(Br)cc2Cl)o1. The molecule has 1 aromatic heterocycles. The van der Waals surface area contributed by atoms with Crippen molar-refractivity contribution in [3.63, 3.8) is 0 Å². The Morgan fingerprint density at radius 2 is 1.95 bits per heavy atom. The Bertz CT molecular complexity index is 618. The van der Waals surface area contributed by atoms with Crippen molar-refractivity contribution in [2.24, 2.45) is 5.92 Å². The monoisotopic (exact) mass is 373 g/mol. The molecule has 1 aliphatic rings. The van der Waals surface area contributed by atoms with Crippen LogP contribution in [-0.2, 0) is 6.54 Å². The minimum absolute atomic E-state index is 0.572. The summed E-state index contributed by atoms with van der Waals surface area (Å²) in [5.74, 6) is 3.33. The summed E-state index contributed by atoms with van der Waals surface area (Å²) in [5, 5.41) is 4.41. The van der Waals surface area contributed by atoms with Crippen molar-refractivity contribution in [3.8, 4) is 0 Å². The van der Waals surface area contributed by atoms with Gasteiger partial charge in [0.05, 0.1) is 22.3 Å². The first-order chi connectivity index (χ1) is 9.54. The number of hydrogen-bond donors (Lipinski definition) is 1. The molecule has 2 atom stereocenters. The predicted octanol–water partition coefficient (Wildman–Crippen LogP) is 6.08. The Kier molecular flexibility index (Phi) is 4.02. The van der Waals surface area contributed by atoms with Crippen LogP contribution in [0.4, 0.5) is 5.69 Å². The van der Waals surface area contributed by atoms with E-state index in [0.29, 0.717) is 22.5 Å². The van der Waals surface area contributed by atoms with Gasteiger partial charge >= 0.3 is 0 Å². The molecule has 2 nitrogen and oxygen atoms in total. The van der Waals surface area contributed by atoms with Gasteiger partial charge in [0.1, 0.15) is 11.5 Å². The predicted molar refractivity (Wildman–Crippen MR) is 86.7 cm³/mol. The van der Waals surface area contributed by atoms with Crippen LogP contribution < -0.4 is 5.32 Å². The molecule has 1 aliphatic carbocycles. The summed E-state index contributed by atoms with van der Waals surface area (Å²) in [7, 11) is 0. The van der Waals surface area contributed by atoms with Gasteiger partial charge in [0.2, 0.25) is 0 Å². The number of furan rings is 1. The summed E-state index contributed by atoms with van der Waals surface area (Å²) in [6.45, 7) is 2.81. The van der Waals surface area contributed by atoms with Crippen LogP contribution in [0.15, 0.2) is 33.2 Å². The second kappa shape index (κ2) is 5.63. The van der Waals surface area contributed by atoms with E-state index in [1.54, 1.807) is 0 Å². The van der Waals surface area contributed by atoms with E-state index >= 15 is 0 Å². The third-order valence-corrected chi connectivity index (χ3v) is 4.66. The molecule has 5 heteroatoms. The van der Waals surface area contributed by atoms with Gasteiger partial charge in [0, 0.05) is 10.4 Å². The van der Waals surface area contributed by atoms with Gasteiger partial charge in [0.15, 0.2) is 0 Å². The maximum atomic E-state index is 6.18. The molecule has 0 bridgehead atoms. The summed E-state index contributed by atoms with van der Waals surface area (Å²) in [4.78, 5) is 0. The van der Waals surface area contributed by atoms with Crippen LogP contribution in [0.2, 0.25) is 10.0 Å². The van der Waals surface area contributed by atoms with Crippen LogP contribution >= 0.6 is 39.1 Å². The third-order valence-electron chi connectivity index (χ3n) is 3.60. The zero-order valence-corrected chi connectivity index (χ0v) is 14.0. The van der Waals surface area contributed by atoms with Gasteiger partial charge in [-0.15, -0.1) is 0 Å². The average Bonchev–Trinajstić information content (AvgIpc) is 2.92. The van der Waals surface area contributed by atoms with Gasteiger partial charge in [-0.2, -0.15) is 0 Å². The van der Waals surface area contributed by atoms with E-state index in [1.165, 1.54) is 6.42 Å². The van der Waals surface area contributed by atoms with E-state index in [2.05, 4.69) is 34.2 Å². The summed E-state index contributed by atoms with van der Waals surface area (Å²) in [6.07, 6.45) is 1.23. The lowest BCUT2D eigenvalue weighted by Crippen LogP contribution is -1.99. The molecule has 1 saturated carbocycles. The molecular formula is C15H14BrCl2NO. The second-order valence-electron chi connectivity index (χ2n) is 5.22. The van der Waals surface area contributed by atoms with E-state index in [1.807, 2.05) is 18.2 Å².